The van der Waals surface area contributed by atoms with Crippen LogP contribution in [0.5, 0.6) is 0 Å². The molecule has 2 aromatic carbocycles. The fraction of sp³-hybridized carbons (Fsp3) is 0.308. The molecule has 0 spiro atoms. The Morgan fingerprint density at radius 1 is 1.12 bits per heavy atom. The van der Waals surface area contributed by atoms with E-state index in [1.807, 2.05) is 37.3 Å². The molecule has 2 heterocycles. The molecule has 1 N–H and O–H groups in total. The maximum atomic E-state index is 12.8. The highest BCUT2D eigenvalue weighted by molar-refractivity contribution is 8.00. The Hall–Kier alpha value is -2.61. The van der Waals surface area contributed by atoms with Gasteiger partial charge in [0.25, 0.3) is 0 Å². The summed E-state index contributed by atoms with van der Waals surface area (Å²) in [4.78, 5) is 30.0. The minimum Gasteiger partial charge on any atom is -0.462 e. The van der Waals surface area contributed by atoms with Crippen LogP contribution in [-0.4, -0.2) is 35.7 Å². The second-order valence-corrected chi connectivity index (χ2v) is 10.2. The van der Waals surface area contributed by atoms with Gasteiger partial charge in [-0.2, -0.15) is 0 Å². The molecular weight excluding hydrogens is 452 g/mol. The molecule has 0 aliphatic carbocycles. The molecule has 0 bridgehead atoms. The summed E-state index contributed by atoms with van der Waals surface area (Å²) in [5.74, 6) is -0.188. The summed E-state index contributed by atoms with van der Waals surface area (Å²) in [6, 6.07) is 18.5. The van der Waals surface area contributed by atoms with E-state index in [-0.39, 0.29) is 17.6 Å². The standard InChI is InChI=1S/C26H28N2O3S2/c1-3-31-26(30)24-21-13-14-28(15-19-7-5-4-6-8-19)16-22(21)33-25(24)27-23(29)17-32-20-11-9-18(2)10-12-20/h4-12H,3,13-17H2,1-2H3,(H,27,29). The lowest BCUT2D eigenvalue weighted by molar-refractivity contribution is -0.113. The fourth-order valence-electron chi connectivity index (χ4n) is 3.89. The van der Waals surface area contributed by atoms with Crippen molar-refractivity contribution in [2.45, 2.75) is 38.3 Å². The molecule has 0 saturated heterocycles. The molecule has 5 nitrogen and oxygen atoms in total. The maximum absolute atomic E-state index is 12.8. The van der Waals surface area contributed by atoms with E-state index < -0.39 is 0 Å². The zero-order chi connectivity index (χ0) is 23.2. The van der Waals surface area contributed by atoms with E-state index in [2.05, 4.69) is 34.5 Å². The van der Waals surface area contributed by atoms with E-state index in [1.165, 1.54) is 34.2 Å². The molecule has 1 amide bonds. The van der Waals surface area contributed by atoms with Crippen LogP contribution < -0.4 is 5.32 Å². The van der Waals surface area contributed by atoms with Crippen molar-refractivity contribution in [2.24, 2.45) is 0 Å². The van der Waals surface area contributed by atoms with Crippen LogP contribution in [0.1, 0.15) is 38.8 Å². The number of aryl methyl sites for hydroxylation is 1. The minimum absolute atomic E-state index is 0.120. The quantitative estimate of drug-likeness (QED) is 0.340. The Kier molecular flexibility index (Phi) is 7.85. The Labute approximate surface area is 203 Å². The molecule has 1 aromatic heterocycles. The third kappa shape index (κ3) is 6.05. The molecule has 3 aromatic rings. The molecule has 7 heteroatoms. The van der Waals surface area contributed by atoms with Gasteiger partial charge in [0.05, 0.1) is 17.9 Å². The van der Waals surface area contributed by atoms with Crippen molar-refractivity contribution in [1.29, 1.82) is 0 Å². The molecule has 0 unspecified atom stereocenters. The molecule has 172 valence electrons. The number of anilines is 1. The summed E-state index contributed by atoms with van der Waals surface area (Å²) in [6.45, 7) is 6.63. The summed E-state index contributed by atoms with van der Waals surface area (Å²) >= 11 is 2.98. The summed E-state index contributed by atoms with van der Waals surface area (Å²) in [5, 5.41) is 3.60. The van der Waals surface area contributed by atoms with Gasteiger partial charge in [0.1, 0.15) is 5.00 Å². The number of hydrogen-bond donors (Lipinski definition) is 1. The zero-order valence-electron chi connectivity index (χ0n) is 18.9. The van der Waals surface area contributed by atoms with E-state index >= 15 is 0 Å². The number of thioether (sulfide) groups is 1. The van der Waals surface area contributed by atoms with Crippen LogP contribution in [0.15, 0.2) is 59.5 Å². The van der Waals surface area contributed by atoms with Gasteiger partial charge in [-0.3, -0.25) is 9.69 Å². The van der Waals surface area contributed by atoms with Crippen LogP contribution >= 0.6 is 23.1 Å². The third-order valence-electron chi connectivity index (χ3n) is 5.51. The number of hydrogen-bond acceptors (Lipinski definition) is 6. The van der Waals surface area contributed by atoms with Crippen molar-refractivity contribution >= 4 is 40.0 Å². The Morgan fingerprint density at radius 3 is 2.61 bits per heavy atom. The second-order valence-electron chi connectivity index (χ2n) is 8.02. The predicted molar refractivity (Wildman–Crippen MR) is 135 cm³/mol. The van der Waals surface area contributed by atoms with Crippen molar-refractivity contribution in [3.63, 3.8) is 0 Å². The van der Waals surface area contributed by atoms with Gasteiger partial charge in [-0.1, -0.05) is 48.0 Å². The number of fused-ring (bicyclic) bond motifs is 1. The molecule has 4 rings (SSSR count). The number of ether oxygens (including phenoxy) is 1. The molecule has 0 atom stereocenters. The normalized spacial score (nSPS) is 13.4. The van der Waals surface area contributed by atoms with Gasteiger partial charge in [0.2, 0.25) is 5.91 Å². The highest BCUT2D eigenvalue weighted by atomic mass is 32.2. The van der Waals surface area contributed by atoms with Crippen LogP contribution in [0.3, 0.4) is 0 Å². The van der Waals surface area contributed by atoms with Gasteiger partial charge >= 0.3 is 5.97 Å². The largest absolute Gasteiger partial charge is 0.462 e. The van der Waals surface area contributed by atoms with Gasteiger partial charge in [0.15, 0.2) is 0 Å². The Balaban J connectivity index is 1.48. The average molecular weight is 481 g/mol. The van der Waals surface area contributed by atoms with Gasteiger partial charge in [-0.25, -0.2) is 4.79 Å². The summed E-state index contributed by atoms with van der Waals surface area (Å²) in [6.07, 6.45) is 0.765. The number of rotatable bonds is 8. The molecular formula is C26H28N2O3S2. The van der Waals surface area contributed by atoms with Crippen LogP contribution in [0, 0.1) is 6.92 Å². The summed E-state index contributed by atoms with van der Waals surface area (Å²) in [7, 11) is 0. The van der Waals surface area contributed by atoms with Gasteiger partial charge in [-0.15, -0.1) is 23.1 Å². The van der Waals surface area contributed by atoms with E-state index in [9.17, 15) is 9.59 Å². The van der Waals surface area contributed by atoms with Gasteiger partial charge in [0, 0.05) is 29.4 Å². The average Bonchev–Trinajstić information content (AvgIpc) is 3.16. The SMILES string of the molecule is CCOC(=O)c1c(NC(=O)CSc2ccc(C)cc2)sc2c1CCN(Cc1ccccc1)C2. The molecule has 33 heavy (non-hydrogen) atoms. The first-order valence-corrected chi connectivity index (χ1v) is 12.9. The lowest BCUT2D eigenvalue weighted by Gasteiger charge is -2.27. The monoisotopic (exact) mass is 480 g/mol. The van der Waals surface area contributed by atoms with Crippen LogP contribution in [-0.2, 0) is 29.0 Å². The van der Waals surface area contributed by atoms with Crippen molar-refractivity contribution in [3.8, 4) is 0 Å². The number of carbonyl (C=O) groups excluding carboxylic acids is 2. The topological polar surface area (TPSA) is 58.6 Å². The molecule has 1 aliphatic heterocycles. The number of carbonyl (C=O) groups is 2. The van der Waals surface area contributed by atoms with Crippen LogP contribution in [0.2, 0.25) is 0 Å². The van der Waals surface area contributed by atoms with Gasteiger partial charge in [-0.05, 0) is 43.5 Å². The minimum atomic E-state index is -0.354. The number of amides is 1. The third-order valence-corrected chi connectivity index (χ3v) is 7.65. The zero-order valence-corrected chi connectivity index (χ0v) is 20.6. The van der Waals surface area contributed by atoms with Gasteiger partial charge < -0.3 is 10.1 Å². The van der Waals surface area contributed by atoms with E-state index in [0.29, 0.717) is 17.2 Å². The van der Waals surface area contributed by atoms with E-state index in [1.54, 1.807) is 6.92 Å². The lowest BCUT2D eigenvalue weighted by atomic mass is 10.0. The number of benzene rings is 2. The van der Waals surface area contributed by atoms with E-state index in [4.69, 9.17) is 4.74 Å². The number of nitrogens with one attached hydrogen (secondary N) is 1. The lowest BCUT2D eigenvalue weighted by Crippen LogP contribution is -2.30. The first-order chi connectivity index (χ1) is 16.0. The molecule has 0 saturated carbocycles. The molecule has 0 radical (unpaired) electrons. The first-order valence-electron chi connectivity index (χ1n) is 11.1. The van der Waals surface area contributed by atoms with E-state index in [0.717, 1.165) is 41.4 Å². The number of thiophene rings is 1. The van der Waals surface area contributed by atoms with Crippen molar-refractivity contribution in [1.82, 2.24) is 4.90 Å². The molecule has 0 fully saturated rings. The number of nitrogens with zero attached hydrogens (tertiary/aromatic N) is 1. The fourth-order valence-corrected chi connectivity index (χ4v) is 5.88. The highest BCUT2D eigenvalue weighted by Crippen LogP contribution is 2.38. The van der Waals surface area contributed by atoms with Crippen molar-refractivity contribution in [2.75, 3.05) is 24.2 Å². The Bertz CT molecular complexity index is 1110. The smallest absolute Gasteiger partial charge is 0.341 e. The summed E-state index contributed by atoms with van der Waals surface area (Å²) < 4.78 is 5.34. The van der Waals surface area contributed by atoms with Crippen molar-refractivity contribution < 1.29 is 14.3 Å². The predicted octanol–water partition coefficient (Wildman–Crippen LogP) is 5.52. The highest BCUT2D eigenvalue weighted by Gasteiger charge is 2.29. The van der Waals surface area contributed by atoms with Crippen LogP contribution in [0.25, 0.3) is 0 Å². The first kappa shape index (κ1) is 23.5. The number of esters is 1. The maximum Gasteiger partial charge on any atom is 0.341 e. The van der Waals surface area contributed by atoms with Crippen LogP contribution in [0.4, 0.5) is 5.00 Å². The summed E-state index contributed by atoms with van der Waals surface area (Å²) in [5.41, 5.74) is 4.01. The van der Waals surface area contributed by atoms with Crippen molar-refractivity contribution in [3.05, 3.63) is 81.7 Å². The Morgan fingerprint density at radius 2 is 1.88 bits per heavy atom. The second kappa shape index (κ2) is 11.0. The molecule has 1 aliphatic rings.